The molecule has 0 radical (unpaired) electrons. The summed E-state index contributed by atoms with van der Waals surface area (Å²) in [5, 5.41) is 15.6. The Morgan fingerprint density at radius 2 is 1.97 bits per heavy atom. The molecule has 0 spiro atoms. The predicted molar refractivity (Wildman–Crippen MR) is 120 cm³/mol. The van der Waals surface area contributed by atoms with Crippen molar-refractivity contribution < 1.29 is 9.47 Å². The van der Waals surface area contributed by atoms with E-state index in [0.29, 0.717) is 23.6 Å². The van der Waals surface area contributed by atoms with E-state index in [2.05, 4.69) is 22.7 Å². The summed E-state index contributed by atoms with van der Waals surface area (Å²) in [5.74, 6) is 1.39. The lowest BCUT2D eigenvalue weighted by Gasteiger charge is -2.11. The van der Waals surface area contributed by atoms with E-state index in [1.54, 1.807) is 37.2 Å². The molecule has 0 aliphatic heterocycles. The zero-order chi connectivity index (χ0) is 21.5. The van der Waals surface area contributed by atoms with Crippen LogP contribution in [0.5, 0.6) is 11.5 Å². The van der Waals surface area contributed by atoms with Crippen molar-refractivity contribution in [3.8, 4) is 28.8 Å². The summed E-state index contributed by atoms with van der Waals surface area (Å²) in [4.78, 5) is 5.39. The number of benzene rings is 2. The number of hydrogen-bond donors (Lipinski definition) is 0. The fraction of sp³-hybridized carbons (Fsp3) is 0.174. The average molecular weight is 419 g/mol. The van der Waals surface area contributed by atoms with Gasteiger partial charge in [0.2, 0.25) is 4.80 Å². The first-order chi connectivity index (χ1) is 14.5. The van der Waals surface area contributed by atoms with Crippen LogP contribution in [-0.4, -0.2) is 31.7 Å². The normalized spacial score (nSPS) is 11.5. The maximum Gasteiger partial charge on any atom is 0.206 e. The molecule has 0 unspecified atom stereocenters. The monoisotopic (exact) mass is 418 g/mol. The SMILES string of the molecule is C=C(C)CN=c1scc(-c2ccc(OC)cc2OC)n1N=Cc1ccc(C#N)cc1. The molecule has 0 saturated carbocycles. The molecular formula is C23H22N4O2S. The van der Waals surface area contributed by atoms with Crippen molar-refractivity contribution in [2.75, 3.05) is 20.8 Å². The minimum absolute atomic E-state index is 0.520. The number of nitrogens with zero attached hydrogens (tertiary/aromatic N) is 4. The third kappa shape index (κ3) is 4.85. The van der Waals surface area contributed by atoms with Gasteiger partial charge in [0.15, 0.2) is 0 Å². The highest BCUT2D eigenvalue weighted by Gasteiger charge is 2.13. The fourth-order valence-electron chi connectivity index (χ4n) is 2.69. The molecular weight excluding hydrogens is 396 g/mol. The van der Waals surface area contributed by atoms with Crippen LogP contribution in [0.4, 0.5) is 0 Å². The second-order valence-corrected chi connectivity index (χ2v) is 7.37. The third-order valence-corrected chi connectivity index (χ3v) is 5.07. The Labute approximate surface area is 179 Å². The van der Waals surface area contributed by atoms with Crippen molar-refractivity contribution in [3.05, 3.63) is 75.9 Å². The Morgan fingerprint density at radius 3 is 2.60 bits per heavy atom. The van der Waals surface area contributed by atoms with Gasteiger partial charge in [0.25, 0.3) is 0 Å². The highest BCUT2D eigenvalue weighted by molar-refractivity contribution is 7.07. The standard InChI is InChI=1S/C23H22N4O2S/c1-16(2)13-25-23-27(26-14-18-7-5-17(12-24)6-8-18)21(15-30-23)20-10-9-19(28-3)11-22(20)29-4/h5-11,14-15H,1,13H2,2-4H3. The minimum Gasteiger partial charge on any atom is -0.497 e. The van der Waals surface area contributed by atoms with Crippen LogP contribution in [0.3, 0.4) is 0 Å². The average Bonchev–Trinajstić information content (AvgIpc) is 3.18. The maximum atomic E-state index is 8.97. The summed E-state index contributed by atoms with van der Waals surface area (Å²) in [5.41, 5.74) is 4.19. The number of ether oxygens (including phenoxy) is 2. The van der Waals surface area contributed by atoms with Crippen molar-refractivity contribution in [3.63, 3.8) is 0 Å². The fourth-order valence-corrected chi connectivity index (χ4v) is 3.51. The van der Waals surface area contributed by atoms with Gasteiger partial charge in [-0.05, 0) is 36.8 Å². The molecule has 0 amide bonds. The van der Waals surface area contributed by atoms with E-state index in [4.69, 9.17) is 14.7 Å². The van der Waals surface area contributed by atoms with Crippen LogP contribution in [0.2, 0.25) is 0 Å². The molecule has 0 fully saturated rings. The Balaban J connectivity index is 2.10. The zero-order valence-corrected chi connectivity index (χ0v) is 17.9. The van der Waals surface area contributed by atoms with E-state index in [9.17, 15) is 0 Å². The predicted octanol–water partition coefficient (Wildman–Crippen LogP) is 4.46. The van der Waals surface area contributed by atoms with E-state index in [-0.39, 0.29) is 0 Å². The zero-order valence-electron chi connectivity index (χ0n) is 17.1. The topological polar surface area (TPSA) is 71.9 Å². The van der Waals surface area contributed by atoms with Gasteiger partial charge < -0.3 is 9.47 Å². The summed E-state index contributed by atoms with van der Waals surface area (Å²) in [7, 11) is 3.25. The second kappa shape index (κ2) is 9.72. The molecule has 0 N–H and O–H groups in total. The van der Waals surface area contributed by atoms with E-state index >= 15 is 0 Å². The number of hydrogen-bond acceptors (Lipinski definition) is 6. The molecule has 7 heteroatoms. The van der Waals surface area contributed by atoms with Gasteiger partial charge >= 0.3 is 0 Å². The summed E-state index contributed by atoms with van der Waals surface area (Å²) >= 11 is 1.49. The van der Waals surface area contributed by atoms with Crippen LogP contribution in [0.15, 0.2) is 70.1 Å². The first-order valence-electron chi connectivity index (χ1n) is 9.18. The lowest BCUT2D eigenvalue weighted by atomic mass is 10.1. The minimum atomic E-state index is 0.520. The second-order valence-electron chi connectivity index (χ2n) is 6.53. The maximum absolute atomic E-state index is 8.97. The van der Waals surface area contributed by atoms with Crippen LogP contribution in [0.1, 0.15) is 18.1 Å². The highest BCUT2D eigenvalue weighted by Crippen LogP contribution is 2.33. The molecule has 6 nitrogen and oxygen atoms in total. The number of methoxy groups -OCH3 is 2. The van der Waals surface area contributed by atoms with Crippen molar-refractivity contribution in [1.82, 2.24) is 4.68 Å². The number of nitriles is 1. The van der Waals surface area contributed by atoms with Crippen LogP contribution < -0.4 is 14.3 Å². The summed E-state index contributed by atoms with van der Waals surface area (Å²) in [6, 6.07) is 15.0. The molecule has 0 bridgehead atoms. The van der Waals surface area contributed by atoms with E-state index in [1.165, 1.54) is 11.3 Å². The number of thiazole rings is 1. The van der Waals surface area contributed by atoms with Gasteiger partial charge in [-0.15, -0.1) is 11.3 Å². The van der Waals surface area contributed by atoms with Gasteiger partial charge in [0.1, 0.15) is 11.5 Å². The molecule has 0 aliphatic rings. The molecule has 0 atom stereocenters. The molecule has 2 aromatic carbocycles. The van der Waals surface area contributed by atoms with Gasteiger partial charge in [0.05, 0.1) is 44.3 Å². The molecule has 0 saturated heterocycles. The van der Waals surface area contributed by atoms with Crippen LogP contribution >= 0.6 is 11.3 Å². The Bertz CT molecular complexity index is 1180. The molecule has 3 rings (SSSR count). The van der Waals surface area contributed by atoms with Crippen molar-refractivity contribution in [1.29, 1.82) is 5.26 Å². The Morgan fingerprint density at radius 1 is 1.20 bits per heavy atom. The summed E-state index contributed by atoms with van der Waals surface area (Å²) < 4.78 is 12.7. The van der Waals surface area contributed by atoms with Crippen LogP contribution in [0, 0.1) is 11.3 Å². The lowest BCUT2D eigenvalue weighted by Crippen LogP contribution is -2.13. The van der Waals surface area contributed by atoms with Gasteiger partial charge in [-0.25, -0.2) is 4.68 Å². The van der Waals surface area contributed by atoms with Crippen molar-refractivity contribution in [2.45, 2.75) is 6.92 Å². The smallest absolute Gasteiger partial charge is 0.206 e. The van der Waals surface area contributed by atoms with Gasteiger partial charge in [0, 0.05) is 17.0 Å². The number of aromatic nitrogens is 1. The largest absolute Gasteiger partial charge is 0.497 e. The van der Waals surface area contributed by atoms with Crippen LogP contribution in [0.25, 0.3) is 11.3 Å². The molecule has 1 aromatic heterocycles. The first kappa shape index (κ1) is 21.1. The molecule has 1 heterocycles. The van der Waals surface area contributed by atoms with Gasteiger partial charge in [-0.2, -0.15) is 10.4 Å². The van der Waals surface area contributed by atoms with Gasteiger partial charge in [-0.1, -0.05) is 24.3 Å². The molecule has 152 valence electrons. The molecule has 30 heavy (non-hydrogen) atoms. The van der Waals surface area contributed by atoms with Crippen molar-refractivity contribution in [2.24, 2.45) is 10.1 Å². The molecule has 3 aromatic rings. The van der Waals surface area contributed by atoms with Gasteiger partial charge in [-0.3, -0.25) is 4.99 Å². The summed E-state index contributed by atoms with van der Waals surface area (Å²) in [6.45, 7) is 6.38. The van der Waals surface area contributed by atoms with E-state index in [1.807, 2.05) is 42.6 Å². The Kier molecular flexibility index (Phi) is 6.83. The first-order valence-corrected chi connectivity index (χ1v) is 10.1. The number of rotatable bonds is 7. The molecule has 0 aliphatic carbocycles. The van der Waals surface area contributed by atoms with E-state index < -0.39 is 0 Å². The highest BCUT2D eigenvalue weighted by atomic mass is 32.1. The third-order valence-electron chi connectivity index (χ3n) is 4.22. The quantitative estimate of drug-likeness (QED) is 0.420. The Hall–Kier alpha value is -3.63. The lowest BCUT2D eigenvalue weighted by molar-refractivity contribution is 0.395. The summed E-state index contributed by atoms with van der Waals surface area (Å²) in [6.07, 6.45) is 1.74. The van der Waals surface area contributed by atoms with E-state index in [0.717, 1.165) is 27.2 Å². The van der Waals surface area contributed by atoms with Crippen molar-refractivity contribution >= 4 is 17.6 Å². The van der Waals surface area contributed by atoms with Crippen LogP contribution in [-0.2, 0) is 0 Å².